The lowest BCUT2D eigenvalue weighted by Gasteiger charge is -2.19. The minimum atomic E-state index is -3.51. The Morgan fingerprint density at radius 3 is 2.57 bits per heavy atom. The molecule has 2 heterocycles. The molecular weight excluding hydrogens is 483 g/mol. The van der Waals surface area contributed by atoms with Gasteiger partial charge in [0.1, 0.15) is 0 Å². The highest BCUT2D eigenvalue weighted by atomic mass is 127. The third-order valence-corrected chi connectivity index (χ3v) is 7.76. The van der Waals surface area contributed by atoms with Crippen LogP contribution in [0.2, 0.25) is 0 Å². The van der Waals surface area contributed by atoms with E-state index in [1.54, 1.807) is 16.4 Å². The van der Waals surface area contributed by atoms with Gasteiger partial charge in [-0.1, -0.05) is 29.8 Å². The molecular formula is C22H23IN2O2S. The molecule has 6 heteroatoms. The summed E-state index contributed by atoms with van der Waals surface area (Å²) < 4.78 is 30.4. The largest absolute Gasteiger partial charge is 1.00 e. The first kappa shape index (κ1) is 19.8. The molecule has 0 N–H and O–H groups in total. The first-order chi connectivity index (χ1) is 13.0. The molecule has 0 spiro atoms. The summed E-state index contributed by atoms with van der Waals surface area (Å²) in [6.07, 6.45) is 5.73. The quantitative estimate of drug-likeness (QED) is 0.367. The number of hydrogen-bond donors (Lipinski definition) is 0. The van der Waals surface area contributed by atoms with E-state index in [0.29, 0.717) is 24.5 Å². The van der Waals surface area contributed by atoms with E-state index in [1.165, 1.54) is 28.5 Å². The highest BCUT2D eigenvalue weighted by Crippen LogP contribution is 2.31. The predicted octanol–water partition coefficient (Wildman–Crippen LogP) is 0.133. The Kier molecular flexibility index (Phi) is 5.22. The molecule has 5 rings (SSSR count). The van der Waals surface area contributed by atoms with Crippen molar-refractivity contribution < 1.29 is 37.0 Å². The fourth-order valence-electron chi connectivity index (χ4n) is 4.50. The predicted molar refractivity (Wildman–Crippen MR) is 105 cm³/mol. The molecule has 0 fully saturated rings. The summed E-state index contributed by atoms with van der Waals surface area (Å²) in [4.78, 5) is 0.374. The number of fused-ring (bicyclic) bond motifs is 2. The fourth-order valence-corrected chi connectivity index (χ4v) is 5.91. The molecule has 146 valence electrons. The van der Waals surface area contributed by atoms with Gasteiger partial charge in [0.2, 0.25) is 15.5 Å². The number of halogens is 1. The van der Waals surface area contributed by atoms with Crippen molar-refractivity contribution in [2.24, 2.45) is 0 Å². The highest BCUT2D eigenvalue weighted by molar-refractivity contribution is 7.89. The van der Waals surface area contributed by atoms with Crippen LogP contribution in [0.25, 0.3) is 10.9 Å². The maximum Gasteiger partial charge on any atom is 0.243 e. The van der Waals surface area contributed by atoms with E-state index in [-0.39, 0.29) is 24.0 Å². The number of sulfonamides is 1. The third kappa shape index (κ3) is 3.15. The summed E-state index contributed by atoms with van der Waals surface area (Å²) in [5.74, 6) is 0. The summed E-state index contributed by atoms with van der Waals surface area (Å²) in [5, 5.41) is 1.30. The van der Waals surface area contributed by atoms with Crippen LogP contribution in [0.1, 0.15) is 28.7 Å². The molecule has 0 bridgehead atoms. The summed E-state index contributed by atoms with van der Waals surface area (Å²) >= 11 is 0. The molecule has 1 aliphatic heterocycles. The summed E-state index contributed by atoms with van der Waals surface area (Å²) in [6.45, 7) is 3.57. The van der Waals surface area contributed by atoms with Crippen LogP contribution in [0.4, 0.5) is 0 Å². The molecule has 0 saturated heterocycles. The lowest BCUT2D eigenvalue weighted by Crippen LogP contribution is -3.00. The number of rotatable bonds is 2. The zero-order valence-corrected chi connectivity index (χ0v) is 18.8. The summed E-state index contributed by atoms with van der Waals surface area (Å²) in [6, 6.07) is 13.5. The second kappa shape index (κ2) is 7.39. The number of hydrogen-bond acceptors (Lipinski definition) is 2. The normalized spacial score (nSPS) is 16.5. The molecule has 2 aliphatic rings. The molecule has 0 saturated carbocycles. The Balaban J connectivity index is 0.00000192. The van der Waals surface area contributed by atoms with Crippen LogP contribution in [0.15, 0.2) is 53.6 Å². The Hall–Kier alpha value is -1.51. The van der Waals surface area contributed by atoms with E-state index in [0.717, 1.165) is 24.0 Å². The average Bonchev–Trinajstić information content (AvgIpc) is 3.05. The van der Waals surface area contributed by atoms with Crippen LogP contribution >= 0.6 is 0 Å². The molecule has 0 amide bonds. The fraction of sp³-hybridized carbons (Fsp3) is 0.318. The molecule has 3 aromatic rings. The first-order valence-electron chi connectivity index (χ1n) is 9.57. The van der Waals surface area contributed by atoms with Crippen LogP contribution in [0.5, 0.6) is 0 Å². The Morgan fingerprint density at radius 2 is 1.79 bits per heavy atom. The van der Waals surface area contributed by atoms with Crippen LogP contribution in [0, 0.1) is 6.92 Å². The van der Waals surface area contributed by atoms with E-state index in [2.05, 4.69) is 29.0 Å². The molecule has 0 radical (unpaired) electrons. The SMILES string of the molecule is Cc1ccc(S(=O)(=O)N2CC[n+]3cc4c(c5cccc(c53)C2)CCC4)cc1.[I-]. The highest BCUT2D eigenvalue weighted by Gasteiger charge is 2.32. The number of aryl methyl sites for hydroxylation is 3. The Labute approximate surface area is 183 Å². The van der Waals surface area contributed by atoms with Gasteiger partial charge < -0.3 is 24.0 Å². The van der Waals surface area contributed by atoms with Crippen molar-refractivity contribution in [1.82, 2.24) is 4.31 Å². The molecule has 0 atom stereocenters. The molecule has 28 heavy (non-hydrogen) atoms. The maximum absolute atomic E-state index is 13.2. The van der Waals surface area contributed by atoms with Gasteiger partial charge in [-0.05, 0) is 49.9 Å². The second-order valence-electron chi connectivity index (χ2n) is 7.64. The average molecular weight is 506 g/mol. The van der Waals surface area contributed by atoms with Crippen molar-refractivity contribution in [3.8, 4) is 0 Å². The first-order valence-corrected chi connectivity index (χ1v) is 11.0. The van der Waals surface area contributed by atoms with Crippen molar-refractivity contribution in [1.29, 1.82) is 0 Å². The van der Waals surface area contributed by atoms with E-state index < -0.39 is 10.0 Å². The zero-order chi connectivity index (χ0) is 18.6. The van der Waals surface area contributed by atoms with E-state index >= 15 is 0 Å². The monoisotopic (exact) mass is 506 g/mol. The smallest absolute Gasteiger partial charge is 0.243 e. The van der Waals surface area contributed by atoms with E-state index in [9.17, 15) is 8.42 Å². The standard InChI is InChI=1S/C22H23N2O2S.HI/c1-16-8-10-19(11-9-16)27(25,26)24-13-12-23-14-17-4-2-6-20(17)21-7-3-5-18(15-24)22(21)23;/h3,5,7-11,14H,2,4,6,12-13,15H2,1H3;1H/q+1;/p-1. The van der Waals surface area contributed by atoms with Crippen LogP contribution in [-0.2, 0) is 36.0 Å². The van der Waals surface area contributed by atoms with Gasteiger partial charge in [0.25, 0.3) is 0 Å². The van der Waals surface area contributed by atoms with Gasteiger partial charge in [0.15, 0.2) is 12.7 Å². The van der Waals surface area contributed by atoms with Gasteiger partial charge in [-0.2, -0.15) is 8.87 Å². The lowest BCUT2D eigenvalue weighted by molar-refractivity contribution is -0.669. The molecule has 4 nitrogen and oxygen atoms in total. The van der Waals surface area contributed by atoms with Gasteiger partial charge in [0, 0.05) is 17.7 Å². The van der Waals surface area contributed by atoms with E-state index in [1.807, 2.05) is 19.1 Å². The van der Waals surface area contributed by atoms with Crippen molar-refractivity contribution in [3.05, 3.63) is 70.9 Å². The van der Waals surface area contributed by atoms with Crippen molar-refractivity contribution in [3.63, 3.8) is 0 Å². The molecule has 2 aromatic carbocycles. The molecule has 1 aromatic heterocycles. The second-order valence-corrected chi connectivity index (χ2v) is 9.58. The van der Waals surface area contributed by atoms with Gasteiger partial charge in [0.05, 0.1) is 16.8 Å². The number of pyridine rings is 1. The molecule has 0 unspecified atom stereocenters. The zero-order valence-electron chi connectivity index (χ0n) is 15.9. The van der Waals surface area contributed by atoms with Crippen molar-refractivity contribution in [2.75, 3.05) is 6.54 Å². The Bertz CT molecular complexity index is 1160. The van der Waals surface area contributed by atoms with Gasteiger partial charge >= 0.3 is 0 Å². The minimum absolute atomic E-state index is 0. The minimum Gasteiger partial charge on any atom is -1.00 e. The third-order valence-electron chi connectivity index (χ3n) is 5.90. The summed E-state index contributed by atoms with van der Waals surface area (Å²) in [5.41, 5.74) is 6.25. The van der Waals surface area contributed by atoms with Gasteiger partial charge in [-0.3, -0.25) is 0 Å². The number of nitrogens with zero attached hydrogens (tertiary/aromatic N) is 2. The number of aromatic nitrogens is 1. The van der Waals surface area contributed by atoms with Gasteiger partial charge in [-0.15, -0.1) is 0 Å². The van der Waals surface area contributed by atoms with E-state index in [4.69, 9.17) is 0 Å². The van der Waals surface area contributed by atoms with Crippen LogP contribution in [0.3, 0.4) is 0 Å². The molecule has 1 aliphatic carbocycles. The topological polar surface area (TPSA) is 41.3 Å². The van der Waals surface area contributed by atoms with Crippen LogP contribution in [-0.4, -0.2) is 19.3 Å². The summed E-state index contributed by atoms with van der Waals surface area (Å²) in [7, 11) is -3.51. The van der Waals surface area contributed by atoms with Gasteiger partial charge in [-0.25, -0.2) is 8.42 Å². The number of benzene rings is 2. The Morgan fingerprint density at radius 1 is 1.00 bits per heavy atom. The van der Waals surface area contributed by atoms with Crippen molar-refractivity contribution in [2.45, 2.75) is 44.2 Å². The lowest BCUT2D eigenvalue weighted by atomic mass is 10.0. The van der Waals surface area contributed by atoms with Crippen LogP contribution < -0.4 is 28.5 Å². The number of para-hydroxylation sites is 1. The van der Waals surface area contributed by atoms with Crippen molar-refractivity contribution >= 4 is 20.9 Å². The maximum atomic E-state index is 13.2.